The van der Waals surface area contributed by atoms with Crippen LogP contribution in [0.2, 0.25) is 5.02 Å². The maximum atomic E-state index is 14.1. The first-order chi connectivity index (χ1) is 13.9. The molecule has 0 fully saturated rings. The lowest BCUT2D eigenvalue weighted by atomic mass is 10.0. The average Bonchev–Trinajstić information content (AvgIpc) is 2.68. The van der Waals surface area contributed by atoms with Gasteiger partial charge in [-0.25, -0.2) is 13.2 Å². The maximum Gasteiger partial charge on any atom is 0.224 e. The second-order valence-electron chi connectivity index (χ2n) is 7.01. The molecular weight excluding hydrogens is 405 g/mol. The van der Waals surface area contributed by atoms with E-state index in [1.165, 1.54) is 6.07 Å². The predicted octanol–water partition coefficient (Wildman–Crippen LogP) is 4.86. The minimum atomic E-state index is -0.692. The van der Waals surface area contributed by atoms with Crippen LogP contribution in [0.4, 0.5) is 24.5 Å². The third-order valence-electron chi connectivity index (χ3n) is 5.10. The van der Waals surface area contributed by atoms with Gasteiger partial charge in [0, 0.05) is 30.1 Å². The standard InChI is InChI=1S/C21H18ClF3N2O2/c22-13-9-16(24)21(17(25)10-13)27-7-5-12(6-8-27)11-29-18-3-2-15(23)20-14(18)1-4-19(28)26-20/h2-3,5,9-10H,1,4,6-8,11H2,(H,26,28). The van der Waals surface area contributed by atoms with Gasteiger partial charge >= 0.3 is 0 Å². The highest BCUT2D eigenvalue weighted by Crippen LogP contribution is 2.34. The quantitative estimate of drug-likeness (QED) is 0.716. The lowest BCUT2D eigenvalue weighted by molar-refractivity contribution is -0.116. The van der Waals surface area contributed by atoms with Crippen LogP contribution in [0.1, 0.15) is 18.4 Å². The number of rotatable bonds is 4. The minimum absolute atomic E-state index is 0.0178. The highest BCUT2D eigenvalue weighted by atomic mass is 35.5. The molecule has 0 aliphatic carbocycles. The van der Waals surface area contributed by atoms with E-state index in [9.17, 15) is 18.0 Å². The van der Waals surface area contributed by atoms with Gasteiger partial charge in [0.05, 0.1) is 5.69 Å². The minimum Gasteiger partial charge on any atom is -0.489 e. The number of benzene rings is 2. The zero-order chi connectivity index (χ0) is 20.5. The van der Waals surface area contributed by atoms with Gasteiger partial charge in [-0.1, -0.05) is 17.7 Å². The molecule has 0 radical (unpaired) electrons. The summed E-state index contributed by atoms with van der Waals surface area (Å²) in [4.78, 5) is 13.1. The Hall–Kier alpha value is -2.67. The molecule has 0 saturated carbocycles. The molecule has 1 N–H and O–H groups in total. The van der Waals surface area contributed by atoms with E-state index in [4.69, 9.17) is 16.3 Å². The third kappa shape index (κ3) is 4.05. The molecule has 0 spiro atoms. The van der Waals surface area contributed by atoms with Crippen LogP contribution in [-0.2, 0) is 11.2 Å². The molecule has 2 aliphatic rings. The normalized spacial score (nSPS) is 16.2. The summed E-state index contributed by atoms with van der Waals surface area (Å²) in [5.41, 5.74) is 1.71. The van der Waals surface area contributed by atoms with Crippen molar-refractivity contribution in [2.24, 2.45) is 0 Å². The fourth-order valence-corrected chi connectivity index (χ4v) is 3.80. The summed E-state index contributed by atoms with van der Waals surface area (Å²) in [7, 11) is 0. The Morgan fingerprint density at radius 2 is 1.83 bits per heavy atom. The van der Waals surface area contributed by atoms with Crippen molar-refractivity contribution in [3.8, 4) is 5.75 Å². The molecule has 0 aromatic heterocycles. The Morgan fingerprint density at radius 3 is 2.52 bits per heavy atom. The molecular formula is C21H18ClF3N2O2. The number of anilines is 2. The lowest BCUT2D eigenvalue weighted by Crippen LogP contribution is -2.31. The smallest absolute Gasteiger partial charge is 0.224 e. The van der Waals surface area contributed by atoms with E-state index >= 15 is 0 Å². The number of fused-ring (bicyclic) bond motifs is 1. The summed E-state index contributed by atoms with van der Waals surface area (Å²) >= 11 is 5.68. The van der Waals surface area contributed by atoms with Crippen molar-refractivity contribution in [2.45, 2.75) is 19.3 Å². The first-order valence-corrected chi connectivity index (χ1v) is 9.61. The Kier molecular flexibility index (Phi) is 5.41. The van der Waals surface area contributed by atoms with Crippen LogP contribution in [0.15, 0.2) is 35.9 Å². The number of ether oxygens (including phenoxy) is 1. The molecule has 0 atom stereocenters. The molecule has 8 heteroatoms. The van der Waals surface area contributed by atoms with Crippen LogP contribution in [0.3, 0.4) is 0 Å². The highest BCUT2D eigenvalue weighted by Gasteiger charge is 2.23. The van der Waals surface area contributed by atoms with E-state index in [1.807, 2.05) is 6.08 Å². The van der Waals surface area contributed by atoms with Crippen LogP contribution in [0, 0.1) is 17.5 Å². The number of hydrogen-bond donors (Lipinski definition) is 1. The van der Waals surface area contributed by atoms with Gasteiger partial charge in [-0.3, -0.25) is 4.79 Å². The van der Waals surface area contributed by atoms with E-state index < -0.39 is 17.5 Å². The monoisotopic (exact) mass is 422 g/mol. The summed E-state index contributed by atoms with van der Waals surface area (Å²) in [5.74, 6) is -1.56. The average molecular weight is 423 g/mol. The zero-order valence-electron chi connectivity index (χ0n) is 15.4. The van der Waals surface area contributed by atoms with Crippen LogP contribution >= 0.6 is 11.6 Å². The molecule has 4 rings (SSSR count). The molecule has 29 heavy (non-hydrogen) atoms. The Labute approximate surface area is 170 Å². The topological polar surface area (TPSA) is 41.6 Å². The molecule has 0 bridgehead atoms. The second-order valence-corrected chi connectivity index (χ2v) is 7.45. The van der Waals surface area contributed by atoms with E-state index in [1.54, 1.807) is 11.0 Å². The van der Waals surface area contributed by atoms with Crippen molar-refractivity contribution in [3.63, 3.8) is 0 Å². The predicted molar refractivity (Wildman–Crippen MR) is 105 cm³/mol. The number of amides is 1. The Morgan fingerprint density at radius 1 is 1.07 bits per heavy atom. The van der Waals surface area contributed by atoms with Crippen LogP contribution in [0.5, 0.6) is 5.75 Å². The third-order valence-corrected chi connectivity index (χ3v) is 5.32. The SMILES string of the molecule is O=C1CCc2c(OCC3=CCN(c4c(F)cc(Cl)cc4F)CC3)ccc(F)c2N1. The van der Waals surface area contributed by atoms with E-state index in [2.05, 4.69) is 5.32 Å². The van der Waals surface area contributed by atoms with Crippen molar-refractivity contribution in [1.82, 2.24) is 0 Å². The zero-order valence-corrected chi connectivity index (χ0v) is 16.2. The van der Waals surface area contributed by atoms with E-state index in [0.29, 0.717) is 37.2 Å². The molecule has 2 aliphatic heterocycles. The van der Waals surface area contributed by atoms with Gasteiger partial charge in [0.1, 0.15) is 23.9 Å². The van der Waals surface area contributed by atoms with Crippen molar-refractivity contribution in [3.05, 3.63) is 64.0 Å². The Bertz CT molecular complexity index is 987. The molecule has 0 saturated heterocycles. The number of hydrogen-bond acceptors (Lipinski definition) is 3. The van der Waals surface area contributed by atoms with Gasteiger partial charge in [0.2, 0.25) is 5.91 Å². The van der Waals surface area contributed by atoms with E-state index in [-0.39, 0.29) is 35.3 Å². The fraction of sp³-hybridized carbons (Fsp3) is 0.286. The van der Waals surface area contributed by atoms with Crippen molar-refractivity contribution in [1.29, 1.82) is 0 Å². The number of carbonyl (C=O) groups excluding carboxylic acids is 1. The maximum absolute atomic E-state index is 14.1. The summed E-state index contributed by atoms with van der Waals surface area (Å²) < 4.78 is 48.0. The number of halogens is 4. The van der Waals surface area contributed by atoms with Gasteiger partial charge < -0.3 is 15.0 Å². The summed E-state index contributed by atoms with van der Waals surface area (Å²) in [5, 5.41) is 2.57. The fourth-order valence-electron chi connectivity index (χ4n) is 3.61. The van der Waals surface area contributed by atoms with Crippen LogP contribution < -0.4 is 15.0 Å². The summed E-state index contributed by atoms with van der Waals surface area (Å²) in [6.45, 7) is 1.05. The van der Waals surface area contributed by atoms with Gasteiger partial charge in [0.25, 0.3) is 0 Å². The molecule has 0 unspecified atom stereocenters. The van der Waals surface area contributed by atoms with Crippen molar-refractivity contribution in [2.75, 3.05) is 29.9 Å². The molecule has 2 aromatic rings. The highest BCUT2D eigenvalue weighted by molar-refractivity contribution is 6.30. The lowest BCUT2D eigenvalue weighted by Gasteiger charge is -2.29. The van der Waals surface area contributed by atoms with Crippen molar-refractivity contribution < 1.29 is 22.7 Å². The van der Waals surface area contributed by atoms with E-state index in [0.717, 1.165) is 17.7 Å². The first-order valence-electron chi connectivity index (χ1n) is 9.24. The molecule has 2 heterocycles. The largest absolute Gasteiger partial charge is 0.489 e. The number of carbonyl (C=O) groups is 1. The van der Waals surface area contributed by atoms with Crippen LogP contribution in [0.25, 0.3) is 0 Å². The molecule has 152 valence electrons. The molecule has 4 nitrogen and oxygen atoms in total. The van der Waals surface area contributed by atoms with Gasteiger partial charge in [-0.05, 0) is 42.7 Å². The first kappa shape index (κ1) is 19.6. The number of nitrogens with zero attached hydrogens (tertiary/aromatic N) is 1. The van der Waals surface area contributed by atoms with Crippen molar-refractivity contribution >= 4 is 28.9 Å². The van der Waals surface area contributed by atoms with Gasteiger partial charge in [-0.15, -0.1) is 0 Å². The van der Waals surface area contributed by atoms with Gasteiger partial charge in [0.15, 0.2) is 11.6 Å². The van der Waals surface area contributed by atoms with Gasteiger partial charge in [-0.2, -0.15) is 0 Å². The molecule has 1 amide bonds. The van der Waals surface area contributed by atoms with Crippen LogP contribution in [-0.4, -0.2) is 25.6 Å². The Balaban J connectivity index is 1.44. The summed E-state index contributed by atoms with van der Waals surface area (Å²) in [6, 6.07) is 5.01. The second kappa shape index (κ2) is 7.99. The number of nitrogens with one attached hydrogen (secondary N) is 1. The molecule has 2 aromatic carbocycles. The summed E-state index contributed by atoms with van der Waals surface area (Å²) in [6.07, 6.45) is 3.13.